The Morgan fingerprint density at radius 3 is 2.67 bits per heavy atom. The molecule has 1 aliphatic rings. The van der Waals surface area contributed by atoms with Crippen molar-refractivity contribution >= 4 is 0 Å². The van der Waals surface area contributed by atoms with Crippen molar-refractivity contribution in [2.75, 3.05) is 0 Å². The summed E-state index contributed by atoms with van der Waals surface area (Å²) in [6.07, 6.45) is 1.18. The highest BCUT2D eigenvalue weighted by Gasteiger charge is 2.37. The Morgan fingerprint density at radius 1 is 1.06 bits per heavy atom. The van der Waals surface area contributed by atoms with Crippen LogP contribution in [-0.4, -0.2) is 6.04 Å². The van der Waals surface area contributed by atoms with Crippen molar-refractivity contribution in [3.63, 3.8) is 0 Å². The van der Waals surface area contributed by atoms with Crippen LogP contribution in [0.25, 0.3) is 0 Å². The molecule has 18 heavy (non-hydrogen) atoms. The molecule has 1 fully saturated rings. The quantitative estimate of drug-likeness (QED) is 0.864. The summed E-state index contributed by atoms with van der Waals surface area (Å²) in [7, 11) is 0. The molecule has 0 aliphatic heterocycles. The van der Waals surface area contributed by atoms with Crippen molar-refractivity contribution in [2.45, 2.75) is 24.9 Å². The SMILES string of the molecule is Fc1cccc(CN[C@@H]2C[C@H]2c2ccccc2)c1. The van der Waals surface area contributed by atoms with E-state index >= 15 is 0 Å². The molecule has 0 aromatic heterocycles. The lowest BCUT2D eigenvalue weighted by Gasteiger charge is -2.04. The number of hydrogen-bond acceptors (Lipinski definition) is 1. The molecule has 2 aromatic rings. The van der Waals surface area contributed by atoms with Crippen LogP contribution in [0.2, 0.25) is 0 Å². The Kier molecular flexibility index (Phi) is 3.11. The van der Waals surface area contributed by atoms with Crippen LogP contribution in [-0.2, 0) is 6.54 Å². The highest BCUT2D eigenvalue weighted by Crippen LogP contribution is 2.40. The minimum absolute atomic E-state index is 0.162. The number of halogens is 1. The smallest absolute Gasteiger partial charge is 0.123 e. The van der Waals surface area contributed by atoms with E-state index in [2.05, 4.69) is 29.6 Å². The maximum absolute atomic E-state index is 13.0. The summed E-state index contributed by atoms with van der Waals surface area (Å²) in [6.45, 7) is 0.742. The summed E-state index contributed by atoms with van der Waals surface area (Å²) in [5.41, 5.74) is 2.41. The van der Waals surface area contributed by atoms with Gasteiger partial charge in [-0.2, -0.15) is 0 Å². The Balaban J connectivity index is 1.55. The van der Waals surface area contributed by atoms with Gasteiger partial charge in [0.25, 0.3) is 0 Å². The first-order chi connectivity index (χ1) is 8.83. The zero-order chi connectivity index (χ0) is 12.4. The summed E-state index contributed by atoms with van der Waals surface area (Å²) < 4.78 is 13.0. The van der Waals surface area contributed by atoms with Gasteiger partial charge in [0.1, 0.15) is 5.82 Å². The Hall–Kier alpha value is -1.67. The third-order valence-electron chi connectivity index (χ3n) is 3.48. The fourth-order valence-corrected chi connectivity index (χ4v) is 2.39. The van der Waals surface area contributed by atoms with Crippen LogP contribution in [0.3, 0.4) is 0 Å². The van der Waals surface area contributed by atoms with E-state index in [9.17, 15) is 4.39 Å². The maximum Gasteiger partial charge on any atom is 0.123 e. The molecule has 0 radical (unpaired) electrons. The van der Waals surface area contributed by atoms with Gasteiger partial charge in [-0.05, 0) is 29.7 Å². The molecular formula is C16H16FN. The van der Waals surface area contributed by atoms with Crippen molar-refractivity contribution in [3.8, 4) is 0 Å². The first kappa shape index (κ1) is 11.4. The molecule has 0 unspecified atom stereocenters. The molecule has 2 aromatic carbocycles. The first-order valence-electron chi connectivity index (χ1n) is 6.36. The van der Waals surface area contributed by atoms with Crippen LogP contribution < -0.4 is 5.32 Å². The van der Waals surface area contributed by atoms with Crippen LogP contribution >= 0.6 is 0 Å². The summed E-state index contributed by atoms with van der Waals surface area (Å²) in [4.78, 5) is 0. The van der Waals surface area contributed by atoms with Gasteiger partial charge >= 0.3 is 0 Å². The van der Waals surface area contributed by atoms with Gasteiger partial charge < -0.3 is 5.32 Å². The summed E-state index contributed by atoms with van der Waals surface area (Å²) in [5.74, 6) is 0.462. The van der Waals surface area contributed by atoms with Crippen LogP contribution in [0.15, 0.2) is 54.6 Å². The second-order valence-corrected chi connectivity index (χ2v) is 4.87. The summed E-state index contributed by atoms with van der Waals surface area (Å²) >= 11 is 0. The molecule has 92 valence electrons. The third-order valence-corrected chi connectivity index (χ3v) is 3.48. The Morgan fingerprint density at radius 2 is 1.89 bits per heavy atom. The van der Waals surface area contributed by atoms with Crippen LogP contribution in [0.5, 0.6) is 0 Å². The van der Waals surface area contributed by atoms with Gasteiger partial charge in [-0.25, -0.2) is 4.39 Å². The van der Waals surface area contributed by atoms with Gasteiger partial charge in [0.2, 0.25) is 0 Å². The topological polar surface area (TPSA) is 12.0 Å². The molecule has 0 amide bonds. The zero-order valence-corrected chi connectivity index (χ0v) is 10.1. The minimum Gasteiger partial charge on any atom is -0.309 e. The molecule has 0 bridgehead atoms. The maximum atomic E-state index is 13.0. The predicted octanol–water partition coefficient (Wildman–Crippen LogP) is 3.47. The zero-order valence-electron chi connectivity index (χ0n) is 10.1. The standard InChI is InChI=1S/C16H16FN/c17-14-8-4-5-12(9-14)11-18-16-10-15(16)13-6-2-1-3-7-13/h1-9,15-16,18H,10-11H2/t15-,16+/m0/s1. The van der Waals surface area contributed by atoms with Crippen molar-refractivity contribution < 1.29 is 4.39 Å². The summed E-state index contributed by atoms with van der Waals surface area (Å²) in [6, 6.07) is 17.9. The number of rotatable bonds is 4. The summed E-state index contributed by atoms with van der Waals surface area (Å²) in [5, 5.41) is 3.48. The molecule has 0 heterocycles. The lowest BCUT2D eigenvalue weighted by atomic mass is 10.1. The molecule has 0 saturated heterocycles. The average molecular weight is 241 g/mol. The molecular weight excluding hydrogens is 225 g/mol. The van der Waals surface area contributed by atoms with E-state index in [0.717, 1.165) is 12.1 Å². The molecule has 1 aliphatic carbocycles. The molecule has 1 saturated carbocycles. The van der Waals surface area contributed by atoms with Crippen LogP contribution in [0.4, 0.5) is 4.39 Å². The fourth-order valence-electron chi connectivity index (χ4n) is 2.39. The van der Waals surface area contributed by atoms with E-state index in [1.165, 1.54) is 18.1 Å². The highest BCUT2D eigenvalue weighted by atomic mass is 19.1. The van der Waals surface area contributed by atoms with E-state index in [1.807, 2.05) is 12.1 Å². The fraction of sp³-hybridized carbons (Fsp3) is 0.250. The van der Waals surface area contributed by atoms with E-state index in [0.29, 0.717) is 12.0 Å². The van der Waals surface area contributed by atoms with E-state index in [4.69, 9.17) is 0 Å². The monoisotopic (exact) mass is 241 g/mol. The van der Waals surface area contributed by atoms with E-state index in [1.54, 1.807) is 12.1 Å². The minimum atomic E-state index is -0.162. The van der Waals surface area contributed by atoms with Gasteiger partial charge in [0, 0.05) is 18.5 Å². The number of hydrogen-bond donors (Lipinski definition) is 1. The largest absolute Gasteiger partial charge is 0.309 e. The normalized spacial score (nSPS) is 21.8. The number of benzene rings is 2. The van der Waals surface area contributed by atoms with Gasteiger partial charge in [-0.15, -0.1) is 0 Å². The van der Waals surface area contributed by atoms with Crippen molar-refractivity contribution in [3.05, 3.63) is 71.5 Å². The first-order valence-corrected chi connectivity index (χ1v) is 6.36. The highest BCUT2D eigenvalue weighted by molar-refractivity contribution is 5.28. The lowest BCUT2D eigenvalue weighted by molar-refractivity contribution is 0.618. The molecule has 2 heteroatoms. The Labute approximate surface area is 107 Å². The van der Waals surface area contributed by atoms with Crippen molar-refractivity contribution in [2.24, 2.45) is 0 Å². The van der Waals surface area contributed by atoms with Crippen molar-refractivity contribution in [1.29, 1.82) is 0 Å². The van der Waals surface area contributed by atoms with Gasteiger partial charge in [-0.3, -0.25) is 0 Å². The van der Waals surface area contributed by atoms with Gasteiger partial charge in [0.15, 0.2) is 0 Å². The van der Waals surface area contributed by atoms with Gasteiger partial charge in [0.05, 0.1) is 0 Å². The predicted molar refractivity (Wildman–Crippen MR) is 70.8 cm³/mol. The average Bonchev–Trinajstić information content (AvgIpc) is 3.17. The molecule has 1 N–H and O–H groups in total. The number of nitrogens with one attached hydrogen (secondary N) is 1. The van der Waals surface area contributed by atoms with Crippen LogP contribution in [0, 0.1) is 5.82 Å². The molecule has 2 atom stereocenters. The second-order valence-electron chi connectivity index (χ2n) is 4.87. The Bertz CT molecular complexity index is 524. The molecule has 0 spiro atoms. The lowest BCUT2D eigenvalue weighted by Crippen LogP contribution is -2.17. The molecule has 1 nitrogen and oxygen atoms in total. The van der Waals surface area contributed by atoms with Crippen LogP contribution in [0.1, 0.15) is 23.5 Å². The molecule has 3 rings (SSSR count). The third kappa shape index (κ3) is 2.59. The van der Waals surface area contributed by atoms with Crippen molar-refractivity contribution in [1.82, 2.24) is 5.32 Å². The van der Waals surface area contributed by atoms with E-state index in [-0.39, 0.29) is 5.82 Å². The van der Waals surface area contributed by atoms with Gasteiger partial charge in [-0.1, -0.05) is 42.5 Å². The second kappa shape index (κ2) is 4.91. The van der Waals surface area contributed by atoms with E-state index < -0.39 is 0 Å².